The summed E-state index contributed by atoms with van der Waals surface area (Å²) >= 11 is 0. The van der Waals surface area contributed by atoms with Gasteiger partial charge in [-0.1, -0.05) is 29.8 Å². The number of hydrogen-bond acceptors (Lipinski definition) is 3. The van der Waals surface area contributed by atoms with Crippen LogP contribution < -0.4 is 4.74 Å². The average Bonchev–Trinajstić information content (AvgIpc) is 2.38. The third kappa shape index (κ3) is 2.32. The van der Waals surface area contributed by atoms with Gasteiger partial charge in [0.2, 0.25) is 5.88 Å². The minimum atomic E-state index is -1.05. The first kappa shape index (κ1) is 12.1. The number of aromatic nitrogens is 1. The Hall–Kier alpha value is -2.36. The quantitative estimate of drug-likeness (QED) is 0.900. The number of benzene rings is 1. The number of carbonyl (C=O) groups is 1. The molecule has 0 unspecified atom stereocenters. The Balaban J connectivity index is 2.53. The Kier molecular flexibility index (Phi) is 3.28. The highest BCUT2D eigenvalue weighted by Gasteiger charge is 2.13. The molecule has 0 saturated carbocycles. The SMILES string of the molecule is COc1ncc(-c2cccc(C)c2)cc1C(=O)O. The zero-order valence-corrected chi connectivity index (χ0v) is 10.2. The largest absolute Gasteiger partial charge is 0.480 e. The van der Waals surface area contributed by atoms with Crippen LogP contribution in [-0.4, -0.2) is 23.2 Å². The summed E-state index contributed by atoms with van der Waals surface area (Å²) < 4.78 is 4.93. The molecule has 0 fully saturated rings. The molecule has 2 aromatic rings. The number of hydrogen-bond donors (Lipinski definition) is 1. The fourth-order valence-electron chi connectivity index (χ4n) is 1.75. The topological polar surface area (TPSA) is 59.4 Å². The third-order valence-corrected chi connectivity index (χ3v) is 2.63. The molecule has 0 spiro atoms. The van der Waals surface area contributed by atoms with Gasteiger partial charge < -0.3 is 9.84 Å². The third-order valence-electron chi connectivity index (χ3n) is 2.63. The van der Waals surface area contributed by atoms with Crippen molar-refractivity contribution in [3.63, 3.8) is 0 Å². The predicted octanol–water partition coefficient (Wildman–Crippen LogP) is 2.76. The van der Waals surface area contributed by atoms with E-state index in [-0.39, 0.29) is 11.4 Å². The molecule has 0 atom stereocenters. The lowest BCUT2D eigenvalue weighted by atomic mass is 10.0. The fourth-order valence-corrected chi connectivity index (χ4v) is 1.75. The number of rotatable bonds is 3. The molecular weight excluding hydrogens is 230 g/mol. The van der Waals surface area contributed by atoms with E-state index in [1.807, 2.05) is 31.2 Å². The fraction of sp³-hybridized carbons (Fsp3) is 0.143. The normalized spacial score (nSPS) is 10.1. The van der Waals surface area contributed by atoms with Gasteiger partial charge in [0, 0.05) is 11.8 Å². The summed E-state index contributed by atoms with van der Waals surface area (Å²) in [5.74, 6) is -0.923. The number of aromatic carboxylic acids is 1. The molecule has 4 heteroatoms. The van der Waals surface area contributed by atoms with Crippen LogP contribution in [0.4, 0.5) is 0 Å². The predicted molar refractivity (Wildman–Crippen MR) is 67.9 cm³/mol. The maximum absolute atomic E-state index is 11.1. The summed E-state index contributed by atoms with van der Waals surface area (Å²) in [6.45, 7) is 1.98. The molecule has 1 aromatic carbocycles. The molecule has 92 valence electrons. The van der Waals surface area contributed by atoms with Crippen LogP contribution in [0.1, 0.15) is 15.9 Å². The Morgan fingerprint density at radius 3 is 2.67 bits per heavy atom. The van der Waals surface area contributed by atoms with E-state index in [1.54, 1.807) is 12.3 Å². The van der Waals surface area contributed by atoms with E-state index in [1.165, 1.54) is 7.11 Å². The van der Waals surface area contributed by atoms with Crippen molar-refractivity contribution >= 4 is 5.97 Å². The highest BCUT2D eigenvalue weighted by molar-refractivity contribution is 5.91. The number of carboxylic acid groups (broad SMARTS) is 1. The van der Waals surface area contributed by atoms with E-state index in [0.29, 0.717) is 0 Å². The zero-order valence-electron chi connectivity index (χ0n) is 10.2. The standard InChI is InChI=1S/C14H13NO3/c1-9-4-3-5-10(6-9)11-7-12(14(16)17)13(18-2)15-8-11/h3-8H,1-2H3,(H,16,17). The lowest BCUT2D eigenvalue weighted by molar-refractivity contribution is 0.0692. The van der Waals surface area contributed by atoms with E-state index in [0.717, 1.165) is 16.7 Å². The monoisotopic (exact) mass is 243 g/mol. The molecule has 0 radical (unpaired) electrons. The van der Waals surface area contributed by atoms with E-state index >= 15 is 0 Å². The van der Waals surface area contributed by atoms with E-state index in [4.69, 9.17) is 9.84 Å². The molecule has 0 bridgehead atoms. The minimum Gasteiger partial charge on any atom is -0.480 e. The lowest BCUT2D eigenvalue weighted by Crippen LogP contribution is -2.02. The summed E-state index contributed by atoms with van der Waals surface area (Å²) in [5.41, 5.74) is 2.88. The maximum atomic E-state index is 11.1. The second-order valence-corrected chi connectivity index (χ2v) is 3.96. The van der Waals surface area contributed by atoms with Gasteiger partial charge in [0.05, 0.1) is 7.11 Å². The average molecular weight is 243 g/mol. The smallest absolute Gasteiger partial charge is 0.341 e. The van der Waals surface area contributed by atoms with Crippen LogP contribution >= 0.6 is 0 Å². The summed E-state index contributed by atoms with van der Waals surface area (Å²) in [5, 5.41) is 9.10. The van der Waals surface area contributed by atoms with Gasteiger partial charge >= 0.3 is 5.97 Å². The molecule has 0 aliphatic heterocycles. The van der Waals surface area contributed by atoms with Crippen molar-refractivity contribution in [2.75, 3.05) is 7.11 Å². The zero-order chi connectivity index (χ0) is 13.1. The van der Waals surface area contributed by atoms with Gasteiger partial charge in [-0.25, -0.2) is 9.78 Å². The highest BCUT2D eigenvalue weighted by Crippen LogP contribution is 2.24. The molecular formula is C14H13NO3. The van der Waals surface area contributed by atoms with Gasteiger partial charge in [0.25, 0.3) is 0 Å². The molecule has 0 aliphatic rings. The molecule has 0 aliphatic carbocycles. The van der Waals surface area contributed by atoms with Gasteiger partial charge in [0.15, 0.2) is 0 Å². The summed E-state index contributed by atoms with van der Waals surface area (Å²) in [6, 6.07) is 9.38. The van der Waals surface area contributed by atoms with Crippen LogP contribution in [0.3, 0.4) is 0 Å². The van der Waals surface area contributed by atoms with Crippen LogP contribution in [0.2, 0.25) is 0 Å². The Bertz CT molecular complexity index is 593. The first-order valence-electron chi connectivity index (χ1n) is 5.46. The summed E-state index contributed by atoms with van der Waals surface area (Å²) in [4.78, 5) is 15.1. The van der Waals surface area contributed by atoms with Crippen LogP contribution in [-0.2, 0) is 0 Å². The van der Waals surface area contributed by atoms with Gasteiger partial charge in [-0.15, -0.1) is 0 Å². The van der Waals surface area contributed by atoms with E-state index in [2.05, 4.69) is 4.98 Å². The second kappa shape index (κ2) is 4.87. The number of carboxylic acids is 1. The van der Waals surface area contributed by atoms with Crippen molar-refractivity contribution in [2.24, 2.45) is 0 Å². The molecule has 1 N–H and O–H groups in total. The number of methoxy groups -OCH3 is 1. The van der Waals surface area contributed by atoms with Crippen LogP contribution in [0, 0.1) is 6.92 Å². The Labute approximate surface area is 105 Å². The molecule has 0 amide bonds. The van der Waals surface area contributed by atoms with Crippen LogP contribution in [0.5, 0.6) is 5.88 Å². The van der Waals surface area contributed by atoms with Crippen LogP contribution in [0.15, 0.2) is 36.5 Å². The second-order valence-electron chi connectivity index (χ2n) is 3.96. The Morgan fingerprint density at radius 2 is 2.06 bits per heavy atom. The molecule has 1 heterocycles. The van der Waals surface area contributed by atoms with Crippen LogP contribution in [0.25, 0.3) is 11.1 Å². The van der Waals surface area contributed by atoms with Crippen molar-refractivity contribution < 1.29 is 14.6 Å². The van der Waals surface area contributed by atoms with E-state index in [9.17, 15) is 4.79 Å². The first-order chi connectivity index (χ1) is 8.61. The first-order valence-corrected chi connectivity index (χ1v) is 5.46. The number of nitrogens with zero attached hydrogens (tertiary/aromatic N) is 1. The van der Waals surface area contributed by atoms with Gasteiger partial charge in [-0.2, -0.15) is 0 Å². The molecule has 18 heavy (non-hydrogen) atoms. The Morgan fingerprint density at radius 1 is 1.28 bits per heavy atom. The molecule has 1 aromatic heterocycles. The van der Waals surface area contributed by atoms with Crippen molar-refractivity contribution in [3.05, 3.63) is 47.7 Å². The van der Waals surface area contributed by atoms with Crippen molar-refractivity contribution in [3.8, 4) is 17.0 Å². The van der Waals surface area contributed by atoms with Gasteiger partial charge in [-0.3, -0.25) is 0 Å². The van der Waals surface area contributed by atoms with Gasteiger partial charge in [0.1, 0.15) is 5.56 Å². The molecule has 2 rings (SSSR count). The van der Waals surface area contributed by atoms with Crippen molar-refractivity contribution in [1.29, 1.82) is 0 Å². The van der Waals surface area contributed by atoms with Crippen molar-refractivity contribution in [2.45, 2.75) is 6.92 Å². The number of aryl methyl sites for hydroxylation is 1. The summed E-state index contributed by atoms with van der Waals surface area (Å²) in [6.07, 6.45) is 1.61. The van der Waals surface area contributed by atoms with Gasteiger partial charge in [-0.05, 0) is 18.6 Å². The lowest BCUT2D eigenvalue weighted by Gasteiger charge is -2.07. The van der Waals surface area contributed by atoms with Crippen molar-refractivity contribution in [1.82, 2.24) is 4.98 Å². The highest BCUT2D eigenvalue weighted by atomic mass is 16.5. The molecule has 4 nitrogen and oxygen atoms in total. The number of ether oxygens (including phenoxy) is 1. The van der Waals surface area contributed by atoms with E-state index < -0.39 is 5.97 Å². The molecule has 0 saturated heterocycles. The summed E-state index contributed by atoms with van der Waals surface area (Å²) in [7, 11) is 1.40. The minimum absolute atomic E-state index is 0.0662. The number of pyridine rings is 1. The maximum Gasteiger partial charge on any atom is 0.341 e.